The number of hydrogen-bond donors (Lipinski definition) is 2. The van der Waals surface area contributed by atoms with Crippen molar-refractivity contribution in [1.29, 1.82) is 0 Å². The highest BCUT2D eigenvalue weighted by atomic mass is 16.4. The molecule has 1 unspecified atom stereocenters. The highest BCUT2D eigenvalue weighted by Crippen LogP contribution is 2.28. The second-order valence-electron chi connectivity index (χ2n) is 5.37. The average molecular weight is 259 g/mol. The minimum Gasteiger partial charge on any atom is -0.424 e. The molecule has 1 fully saturated rings. The Hall–Kier alpha value is -1.55. The van der Waals surface area contributed by atoms with E-state index in [0.717, 1.165) is 11.1 Å². The van der Waals surface area contributed by atoms with Crippen LogP contribution >= 0.6 is 0 Å². The molecule has 0 radical (unpaired) electrons. The van der Waals surface area contributed by atoms with Crippen LogP contribution in [0.1, 0.15) is 32.1 Å². The third-order valence-electron chi connectivity index (χ3n) is 4.08. The van der Waals surface area contributed by atoms with Crippen molar-refractivity contribution in [1.82, 2.24) is 4.98 Å². The van der Waals surface area contributed by atoms with Crippen LogP contribution in [-0.2, 0) is 0 Å². The van der Waals surface area contributed by atoms with Crippen molar-refractivity contribution in [3.63, 3.8) is 0 Å². The van der Waals surface area contributed by atoms with E-state index in [1.807, 2.05) is 24.3 Å². The Morgan fingerprint density at radius 3 is 2.79 bits per heavy atom. The van der Waals surface area contributed by atoms with Gasteiger partial charge in [-0.25, -0.2) is 0 Å². The lowest BCUT2D eigenvalue weighted by Gasteiger charge is -2.29. The molecule has 0 amide bonds. The van der Waals surface area contributed by atoms with E-state index in [9.17, 15) is 0 Å². The predicted octanol–water partition coefficient (Wildman–Crippen LogP) is 3.15. The minimum atomic E-state index is 0.272. The van der Waals surface area contributed by atoms with Crippen LogP contribution in [0.15, 0.2) is 28.7 Å². The van der Waals surface area contributed by atoms with E-state index >= 15 is 0 Å². The van der Waals surface area contributed by atoms with Gasteiger partial charge in [-0.2, -0.15) is 4.98 Å². The molecule has 19 heavy (non-hydrogen) atoms. The molecular formula is C15H21N3O. The summed E-state index contributed by atoms with van der Waals surface area (Å²) in [6, 6.07) is 8.69. The van der Waals surface area contributed by atoms with Gasteiger partial charge in [0.1, 0.15) is 5.52 Å². The quantitative estimate of drug-likeness (QED) is 0.885. The van der Waals surface area contributed by atoms with Crippen molar-refractivity contribution >= 4 is 17.1 Å². The van der Waals surface area contributed by atoms with Crippen molar-refractivity contribution in [3.05, 3.63) is 24.3 Å². The molecule has 1 aromatic heterocycles. The molecule has 0 bridgehead atoms. The molecule has 2 aromatic rings. The van der Waals surface area contributed by atoms with Gasteiger partial charge in [-0.3, -0.25) is 0 Å². The first-order valence-corrected chi connectivity index (χ1v) is 7.19. The highest BCUT2D eigenvalue weighted by molar-refractivity contribution is 5.74. The first-order chi connectivity index (χ1) is 9.36. The Bertz CT molecular complexity index is 498. The van der Waals surface area contributed by atoms with E-state index in [1.165, 1.54) is 32.1 Å². The standard InChI is InChI=1S/C15H21N3O/c16-10-13(11-6-2-1-3-7-11)18-15-17-12-8-4-5-9-14(12)19-15/h4-5,8-9,11,13H,1-3,6-7,10,16H2,(H,17,18). The SMILES string of the molecule is NCC(Nc1nc2ccccc2o1)C1CCCCC1. The lowest BCUT2D eigenvalue weighted by molar-refractivity contribution is 0.317. The number of oxazole rings is 1. The molecule has 1 heterocycles. The van der Waals surface area contributed by atoms with Gasteiger partial charge in [0, 0.05) is 12.6 Å². The number of fused-ring (bicyclic) bond motifs is 1. The van der Waals surface area contributed by atoms with Gasteiger partial charge in [-0.05, 0) is 30.9 Å². The van der Waals surface area contributed by atoms with Crippen molar-refractivity contribution in [2.24, 2.45) is 11.7 Å². The van der Waals surface area contributed by atoms with Crippen molar-refractivity contribution in [2.75, 3.05) is 11.9 Å². The van der Waals surface area contributed by atoms with Crippen molar-refractivity contribution in [3.8, 4) is 0 Å². The van der Waals surface area contributed by atoms with Crippen molar-refractivity contribution < 1.29 is 4.42 Å². The fourth-order valence-electron chi connectivity index (χ4n) is 3.00. The van der Waals surface area contributed by atoms with Crippen LogP contribution in [0.3, 0.4) is 0 Å². The van der Waals surface area contributed by atoms with Gasteiger partial charge in [-0.15, -0.1) is 0 Å². The zero-order valence-electron chi connectivity index (χ0n) is 11.1. The zero-order chi connectivity index (χ0) is 13.1. The molecule has 1 aromatic carbocycles. The molecule has 1 atom stereocenters. The Kier molecular flexibility index (Phi) is 3.69. The van der Waals surface area contributed by atoms with Crippen LogP contribution in [0, 0.1) is 5.92 Å². The molecule has 102 valence electrons. The van der Waals surface area contributed by atoms with Gasteiger partial charge in [-0.1, -0.05) is 31.4 Å². The molecule has 0 spiro atoms. The van der Waals surface area contributed by atoms with Crippen LogP contribution in [0.25, 0.3) is 11.1 Å². The molecule has 1 aliphatic rings. The van der Waals surface area contributed by atoms with E-state index in [4.69, 9.17) is 10.2 Å². The van der Waals surface area contributed by atoms with Gasteiger partial charge in [0.15, 0.2) is 5.58 Å². The number of hydrogen-bond acceptors (Lipinski definition) is 4. The lowest BCUT2D eigenvalue weighted by atomic mass is 9.84. The number of aromatic nitrogens is 1. The van der Waals surface area contributed by atoms with E-state index in [2.05, 4.69) is 10.3 Å². The van der Waals surface area contributed by atoms with E-state index in [1.54, 1.807) is 0 Å². The number of nitrogens with zero attached hydrogens (tertiary/aromatic N) is 1. The Labute approximate surface area is 113 Å². The molecule has 0 aliphatic heterocycles. The fraction of sp³-hybridized carbons (Fsp3) is 0.533. The van der Waals surface area contributed by atoms with Crippen molar-refractivity contribution in [2.45, 2.75) is 38.1 Å². The number of rotatable bonds is 4. The van der Waals surface area contributed by atoms with Crippen LogP contribution in [0.4, 0.5) is 6.01 Å². The van der Waals surface area contributed by atoms with Crippen LogP contribution in [0.5, 0.6) is 0 Å². The summed E-state index contributed by atoms with van der Waals surface area (Å²) in [6.07, 6.45) is 6.51. The zero-order valence-corrected chi connectivity index (χ0v) is 11.1. The second kappa shape index (κ2) is 5.61. The first-order valence-electron chi connectivity index (χ1n) is 7.19. The molecule has 3 rings (SSSR count). The number of anilines is 1. The van der Waals surface area contributed by atoms with E-state index < -0.39 is 0 Å². The van der Waals surface area contributed by atoms with Gasteiger partial charge < -0.3 is 15.5 Å². The average Bonchev–Trinajstić information content (AvgIpc) is 2.88. The summed E-state index contributed by atoms with van der Waals surface area (Å²) in [6.45, 7) is 0.628. The summed E-state index contributed by atoms with van der Waals surface area (Å²) in [5, 5.41) is 3.39. The Balaban J connectivity index is 1.74. The summed E-state index contributed by atoms with van der Waals surface area (Å²) >= 11 is 0. The van der Waals surface area contributed by atoms with Gasteiger partial charge >= 0.3 is 0 Å². The molecular weight excluding hydrogens is 238 g/mol. The summed E-state index contributed by atoms with van der Waals surface area (Å²) in [5.41, 5.74) is 7.63. The lowest BCUT2D eigenvalue weighted by Crippen LogP contribution is -2.37. The first kappa shape index (κ1) is 12.5. The summed E-state index contributed by atoms with van der Waals surface area (Å²) < 4.78 is 5.71. The third kappa shape index (κ3) is 2.73. The number of benzene rings is 1. The highest BCUT2D eigenvalue weighted by Gasteiger charge is 2.23. The summed E-state index contributed by atoms with van der Waals surface area (Å²) in [5.74, 6) is 0.647. The monoisotopic (exact) mass is 259 g/mol. The number of para-hydroxylation sites is 2. The molecule has 1 aliphatic carbocycles. The van der Waals surface area contributed by atoms with E-state index in [0.29, 0.717) is 18.5 Å². The maximum absolute atomic E-state index is 5.91. The molecule has 4 heteroatoms. The smallest absolute Gasteiger partial charge is 0.295 e. The summed E-state index contributed by atoms with van der Waals surface area (Å²) in [4.78, 5) is 4.46. The normalized spacial score (nSPS) is 18.6. The maximum Gasteiger partial charge on any atom is 0.295 e. The molecule has 4 nitrogen and oxygen atoms in total. The third-order valence-corrected chi connectivity index (χ3v) is 4.08. The number of nitrogens with two attached hydrogens (primary N) is 1. The van der Waals surface area contributed by atoms with Crippen LogP contribution in [-0.4, -0.2) is 17.6 Å². The second-order valence-corrected chi connectivity index (χ2v) is 5.37. The Morgan fingerprint density at radius 1 is 1.26 bits per heavy atom. The molecule has 0 saturated heterocycles. The van der Waals surface area contributed by atoms with Gasteiger partial charge in [0.2, 0.25) is 0 Å². The predicted molar refractivity (Wildman–Crippen MR) is 77.0 cm³/mol. The van der Waals surface area contributed by atoms with Crippen LogP contribution < -0.4 is 11.1 Å². The molecule has 1 saturated carbocycles. The summed E-state index contributed by atoms with van der Waals surface area (Å²) in [7, 11) is 0. The van der Waals surface area contributed by atoms with Gasteiger partial charge in [0.25, 0.3) is 6.01 Å². The van der Waals surface area contributed by atoms with Crippen LogP contribution in [0.2, 0.25) is 0 Å². The largest absolute Gasteiger partial charge is 0.424 e. The topological polar surface area (TPSA) is 64.1 Å². The van der Waals surface area contributed by atoms with Gasteiger partial charge in [0.05, 0.1) is 0 Å². The number of nitrogens with one attached hydrogen (secondary N) is 1. The molecule has 3 N–H and O–H groups in total. The Morgan fingerprint density at radius 2 is 2.05 bits per heavy atom. The maximum atomic E-state index is 5.91. The fourth-order valence-corrected chi connectivity index (χ4v) is 3.00. The minimum absolute atomic E-state index is 0.272. The van der Waals surface area contributed by atoms with E-state index in [-0.39, 0.29) is 6.04 Å².